The summed E-state index contributed by atoms with van der Waals surface area (Å²) in [6.45, 7) is 1.53. The molecule has 1 saturated heterocycles. The molecule has 1 unspecified atom stereocenters. The monoisotopic (exact) mass is 305 g/mol. The van der Waals surface area contributed by atoms with Crippen molar-refractivity contribution in [1.82, 2.24) is 14.9 Å². The molecule has 6 nitrogen and oxygen atoms in total. The molecule has 3 rings (SSSR count). The Morgan fingerprint density at radius 1 is 1.09 bits per heavy atom. The smallest absolute Gasteiger partial charge is 0.328 e. The van der Waals surface area contributed by atoms with Crippen molar-refractivity contribution in [2.75, 3.05) is 13.1 Å². The van der Waals surface area contributed by atoms with Crippen molar-refractivity contribution < 1.29 is 9.50 Å². The lowest BCUT2D eigenvalue weighted by atomic mass is 9.99. The molecule has 0 aliphatic carbocycles. The van der Waals surface area contributed by atoms with E-state index in [1.807, 2.05) is 4.90 Å². The maximum Gasteiger partial charge on any atom is 0.328 e. The quantitative estimate of drug-likeness (QED) is 0.792. The van der Waals surface area contributed by atoms with Gasteiger partial charge in [0.25, 0.3) is 5.56 Å². The van der Waals surface area contributed by atoms with E-state index < -0.39 is 23.2 Å². The number of aromatic amines is 2. The van der Waals surface area contributed by atoms with Crippen LogP contribution in [0.1, 0.15) is 30.0 Å². The Hall–Kier alpha value is -2.41. The molecule has 1 aromatic heterocycles. The number of halogens is 1. The molecule has 0 amide bonds. The molecular weight excluding hydrogens is 289 g/mol. The Kier molecular flexibility index (Phi) is 3.81. The molecule has 0 radical (unpaired) electrons. The summed E-state index contributed by atoms with van der Waals surface area (Å²) in [6, 6.07) is 5.28. The number of aromatic nitrogens is 2. The topological polar surface area (TPSA) is 89.2 Å². The molecule has 1 atom stereocenters. The summed E-state index contributed by atoms with van der Waals surface area (Å²) >= 11 is 0. The Labute approximate surface area is 125 Å². The number of rotatable bonds is 3. The Bertz CT molecular complexity index is 776. The fraction of sp³-hybridized carbons (Fsp3) is 0.333. The van der Waals surface area contributed by atoms with Gasteiger partial charge >= 0.3 is 5.69 Å². The van der Waals surface area contributed by atoms with Gasteiger partial charge in [-0.05, 0) is 43.6 Å². The lowest BCUT2D eigenvalue weighted by Crippen LogP contribution is -2.34. The van der Waals surface area contributed by atoms with Crippen LogP contribution in [0.4, 0.5) is 4.39 Å². The zero-order valence-electron chi connectivity index (χ0n) is 11.8. The highest BCUT2D eigenvalue weighted by Gasteiger charge is 2.30. The summed E-state index contributed by atoms with van der Waals surface area (Å²) < 4.78 is 13.2. The van der Waals surface area contributed by atoms with Crippen LogP contribution in [0, 0.1) is 5.82 Å². The molecule has 1 aliphatic heterocycles. The maximum atomic E-state index is 13.2. The predicted molar refractivity (Wildman–Crippen MR) is 78.4 cm³/mol. The van der Waals surface area contributed by atoms with Crippen LogP contribution in [-0.4, -0.2) is 33.1 Å². The van der Waals surface area contributed by atoms with Crippen molar-refractivity contribution in [3.05, 3.63) is 62.0 Å². The molecule has 0 spiro atoms. The fourth-order valence-electron chi connectivity index (χ4n) is 2.94. The van der Waals surface area contributed by atoms with Crippen molar-refractivity contribution >= 4 is 0 Å². The number of benzene rings is 1. The molecule has 2 heterocycles. The van der Waals surface area contributed by atoms with E-state index in [0.29, 0.717) is 5.56 Å². The summed E-state index contributed by atoms with van der Waals surface area (Å²) in [6.07, 6.45) is 1.97. The summed E-state index contributed by atoms with van der Waals surface area (Å²) in [7, 11) is 0. The van der Waals surface area contributed by atoms with Crippen LogP contribution in [0.5, 0.6) is 5.88 Å². The van der Waals surface area contributed by atoms with Gasteiger partial charge in [0.15, 0.2) is 0 Å². The molecule has 0 saturated carbocycles. The molecule has 0 bridgehead atoms. The average molecular weight is 305 g/mol. The minimum Gasteiger partial charge on any atom is -0.494 e. The van der Waals surface area contributed by atoms with E-state index in [0.717, 1.165) is 25.9 Å². The van der Waals surface area contributed by atoms with E-state index in [2.05, 4.69) is 9.97 Å². The standard InChI is InChI=1S/C15H16FN3O3/c16-10-5-3-9(4-6-10)12(19-7-1-2-8-19)11-13(20)17-15(22)18-14(11)21/h3-6,12H,1-2,7-8H2,(H3,17,18,20,21,22). The molecular formula is C15H16FN3O3. The van der Waals surface area contributed by atoms with Crippen molar-refractivity contribution in [1.29, 1.82) is 0 Å². The lowest BCUT2D eigenvalue weighted by Gasteiger charge is -2.27. The number of hydrogen-bond acceptors (Lipinski definition) is 4. The summed E-state index contributed by atoms with van der Waals surface area (Å²) in [5.41, 5.74) is -0.628. The largest absolute Gasteiger partial charge is 0.494 e. The Balaban J connectivity index is 2.15. The van der Waals surface area contributed by atoms with Gasteiger partial charge in [0.05, 0.1) is 11.6 Å². The van der Waals surface area contributed by atoms with Crippen LogP contribution in [0.2, 0.25) is 0 Å². The van der Waals surface area contributed by atoms with Crippen LogP contribution in [0.25, 0.3) is 0 Å². The highest BCUT2D eigenvalue weighted by atomic mass is 19.1. The lowest BCUT2D eigenvalue weighted by molar-refractivity contribution is 0.271. The number of H-pyrrole nitrogens is 2. The summed E-state index contributed by atoms with van der Waals surface area (Å²) in [5, 5.41) is 10.0. The zero-order valence-corrected chi connectivity index (χ0v) is 11.8. The first-order valence-electron chi connectivity index (χ1n) is 7.11. The second-order valence-electron chi connectivity index (χ2n) is 5.37. The van der Waals surface area contributed by atoms with E-state index in [1.165, 1.54) is 12.1 Å². The van der Waals surface area contributed by atoms with Gasteiger partial charge in [-0.25, -0.2) is 9.18 Å². The second kappa shape index (κ2) is 5.76. The molecule has 1 aliphatic rings. The maximum absolute atomic E-state index is 13.2. The third-order valence-electron chi connectivity index (χ3n) is 3.92. The van der Waals surface area contributed by atoms with Crippen molar-refractivity contribution in [2.24, 2.45) is 0 Å². The molecule has 7 heteroatoms. The van der Waals surface area contributed by atoms with Gasteiger partial charge in [-0.3, -0.25) is 19.7 Å². The highest BCUT2D eigenvalue weighted by molar-refractivity contribution is 5.35. The van der Waals surface area contributed by atoms with E-state index in [-0.39, 0.29) is 11.4 Å². The highest BCUT2D eigenvalue weighted by Crippen LogP contribution is 2.32. The van der Waals surface area contributed by atoms with Crippen LogP contribution in [-0.2, 0) is 0 Å². The Morgan fingerprint density at radius 2 is 1.73 bits per heavy atom. The molecule has 1 fully saturated rings. The number of likely N-dealkylation sites (tertiary alicyclic amines) is 1. The molecule has 3 N–H and O–H groups in total. The number of aromatic hydroxyl groups is 1. The molecule has 116 valence electrons. The predicted octanol–water partition coefficient (Wildman–Crippen LogP) is 1.09. The van der Waals surface area contributed by atoms with E-state index >= 15 is 0 Å². The summed E-state index contributed by atoms with van der Waals surface area (Å²) in [5.74, 6) is -0.821. The van der Waals surface area contributed by atoms with Crippen LogP contribution < -0.4 is 11.2 Å². The van der Waals surface area contributed by atoms with Gasteiger partial charge in [-0.15, -0.1) is 0 Å². The van der Waals surface area contributed by atoms with Gasteiger partial charge in [-0.1, -0.05) is 12.1 Å². The molecule has 22 heavy (non-hydrogen) atoms. The van der Waals surface area contributed by atoms with E-state index in [1.54, 1.807) is 12.1 Å². The van der Waals surface area contributed by atoms with Crippen molar-refractivity contribution in [3.63, 3.8) is 0 Å². The first kappa shape index (κ1) is 14.5. The molecule has 2 aromatic rings. The number of hydrogen-bond donors (Lipinski definition) is 3. The zero-order chi connectivity index (χ0) is 15.7. The van der Waals surface area contributed by atoms with Gasteiger partial charge < -0.3 is 5.11 Å². The Morgan fingerprint density at radius 3 is 2.32 bits per heavy atom. The summed E-state index contributed by atoms with van der Waals surface area (Å²) in [4.78, 5) is 29.8. The SMILES string of the molecule is O=c1[nH]c(O)c(C(c2ccc(F)cc2)N2CCCC2)c(=O)[nH]1. The third kappa shape index (κ3) is 2.67. The first-order valence-corrected chi connectivity index (χ1v) is 7.11. The normalized spacial score (nSPS) is 16.8. The van der Waals surface area contributed by atoms with Crippen molar-refractivity contribution in [2.45, 2.75) is 18.9 Å². The fourth-order valence-corrected chi connectivity index (χ4v) is 2.94. The van der Waals surface area contributed by atoms with Crippen molar-refractivity contribution in [3.8, 4) is 5.88 Å². The van der Waals surface area contributed by atoms with Crippen LogP contribution >= 0.6 is 0 Å². The first-order chi connectivity index (χ1) is 10.6. The minimum absolute atomic E-state index is 0.0770. The number of nitrogens with zero attached hydrogens (tertiary/aromatic N) is 1. The van der Waals surface area contributed by atoms with Crippen LogP contribution in [0.3, 0.4) is 0 Å². The van der Waals surface area contributed by atoms with Crippen LogP contribution in [0.15, 0.2) is 33.9 Å². The van der Waals surface area contributed by atoms with Gasteiger partial charge in [0.1, 0.15) is 5.82 Å². The van der Waals surface area contributed by atoms with E-state index in [9.17, 15) is 19.1 Å². The minimum atomic E-state index is -0.759. The average Bonchev–Trinajstić information content (AvgIpc) is 2.97. The second-order valence-corrected chi connectivity index (χ2v) is 5.37. The van der Waals surface area contributed by atoms with Gasteiger partial charge in [0, 0.05) is 0 Å². The molecule has 1 aromatic carbocycles. The third-order valence-corrected chi connectivity index (χ3v) is 3.92. The van der Waals surface area contributed by atoms with E-state index in [4.69, 9.17) is 0 Å². The number of nitrogens with one attached hydrogen (secondary N) is 2. The van der Waals surface area contributed by atoms with Gasteiger partial charge in [0.2, 0.25) is 5.88 Å². The van der Waals surface area contributed by atoms with Gasteiger partial charge in [-0.2, -0.15) is 0 Å².